The number of hydrogen-bond donors (Lipinski definition) is 1. The lowest BCUT2D eigenvalue weighted by Crippen LogP contribution is -2.27. The largest absolute Gasteiger partial charge is 0.377 e. The fraction of sp³-hybridized carbons (Fsp3) is 0.533. The zero-order valence-corrected chi connectivity index (χ0v) is 12.2. The van der Waals surface area contributed by atoms with Crippen molar-refractivity contribution in [3.8, 4) is 0 Å². The molecule has 1 aromatic carbocycles. The minimum absolute atomic E-state index is 0.0481. The van der Waals surface area contributed by atoms with Gasteiger partial charge in [-0.2, -0.15) is 0 Å². The SMILES string of the molecule is CCOCc1ccccc1NC(=O)COC(C)(C)C. The van der Waals surface area contributed by atoms with E-state index in [-0.39, 0.29) is 18.1 Å². The molecule has 4 nitrogen and oxygen atoms in total. The van der Waals surface area contributed by atoms with E-state index in [0.29, 0.717) is 13.2 Å². The summed E-state index contributed by atoms with van der Waals surface area (Å²) in [5.74, 6) is -0.154. The number of amides is 1. The van der Waals surface area contributed by atoms with Crippen LogP contribution in [0.5, 0.6) is 0 Å². The van der Waals surface area contributed by atoms with Gasteiger partial charge in [0.05, 0.1) is 12.2 Å². The van der Waals surface area contributed by atoms with Gasteiger partial charge < -0.3 is 14.8 Å². The number of ether oxygens (including phenoxy) is 2. The van der Waals surface area contributed by atoms with Crippen molar-refractivity contribution in [2.24, 2.45) is 0 Å². The second-order valence-corrected chi connectivity index (χ2v) is 5.24. The number of carbonyl (C=O) groups excluding carboxylic acids is 1. The highest BCUT2D eigenvalue weighted by molar-refractivity contribution is 5.92. The summed E-state index contributed by atoms with van der Waals surface area (Å²) in [5.41, 5.74) is 1.43. The normalized spacial score (nSPS) is 11.4. The van der Waals surface area contributed by atoms with E-state index in [1.54, 1.807) is 0 Å². The minimum Gasteiger partial charge on any atom is -0.377 e. The number of para-hydroxylation sites is 1. The fourth-order valence-corrected chi connectivity index (χ4v) is 1.45. The van der Waals surface area contributed by atoms with Gasteiger partial charge in [0.1, 0.15) is 6.61 Å². The summed E-state index contributed by atoms with van der Waals surface area (Å²) in [4.78, 5) is 11.8. The molecule has 0 fully saturated rings. The Kier molecular flexibility index (Phi) is 5.99. The molecule has 4 heteroatoms. The summed E-state index contributed by atoms with van der Waals surface area (Å²) in [7, 11) is 0. The van der Waals surface area contributed by atoms with E-state index in [1.165, 1.54) is 0 Å². The lowest BCUT2D eigenvalue weighted by atomic mass is 10.2. The first-order chi connectivity index (χ1) is 8.92. The van der Waals surface area contributed by atoms with E-state index in [2.05, 4.69) is 5.32 Å². The first kappa shape index (κ1) is 15.7. The van der Waals surface area contributed by atoms with Crippen molar-refractivity contribution in [2.75, 3.05) is 18.5 Å². The van der Waals surface area contributed by atoms with Gasteiger partial charge in [-0.15, -0.1) is 0 Å². The topological polar surface area (TPSA) is 47.6 Å². The molecule has 0 radical (unpaired) electrons. The van der Waals surface area contributed by atoms with Gasteiger partial charge in [-0.3, -0.25) is 4.79 Å². The molecule has 0 aromatic heterocycles. The average Bonchev–Trinajstić information content (AvgIpc) is 2.34. The molecule has 0 saturated heterocycles. The Morgan fingerprint density at radius 2 is 1.95 bits per heavy atom. The standard InChI is InChI=1S/C15H23NO3/c1-5-18-10-12-8-6-7-9-13(12)16-14(17)11-19-15(2,3)4/h6-9H,5,10-11H2,1-4H3,(H,16,17). The first-order valence-electron chi connectivity index (χ1n) is 6.52. The van der Waals surface area contributed by atoms with Crippen LogP contribution in [0.2, 0.25) is 0 Å². The monoisotopic (exact) mass is 265 g/mol. The molecule has 0 bridgehead atoms. The number of carbonyl (C=O) groups is 1. The summed E-state index contributed by atoms with van der Waals surface area (Å²) in [6.45, 7) is 8.89. The Morgan fingerprint density at radius 3 is 2.58 bits per heavy atom. The highest BCUT2D eigenvalue weighted by Crippen LogP contribution is 2.16. The third kappa shape index (κ3) is 6.36. The summed E-state index contributed by atoms with van der Waals surface area (Å²) >= 11 is 0. The molecule has 0 aliphatic rings. The Morgan fingerprint density at radius 1 is 1.26 bits per heavy atom. The maximum atomic E-state index is 11.8. The van der Waals surface area contributed by atoms with Crippen LogP contribution in [0.15, 0.2) is 24.3 Å². The van der Waals surface area contributed by atoms with Crippen molar-refractivity contribution < 1.29 is 14.3 Å². The maximum absolute atomic E-state index is 11.8. The number of nitrogens with one attached hydrogen (secondary N) is 1. The van der Waals surface area contributed by atoms with Crippen LogP contribution >= 0.6 is 0 Å². The van der Waals surface area contributed by atoms with Crippen molar-refractivity contribution in [3.63, 3.8) is 0 Å². The molecule has 106 valence electrons. The highest BCUT2D eigenvalue weighted by Gasteiger charge is 2.13. The Hall–Kier alpha value is -1.39. The van der Waals surface area contributed by atoms with Crippen molar-refractivity contribution in [3.05, 3.63) is 29.8 Å². The van der Waals surface area contributed by atoms with Crippen LogP contribution in [0.25, 0.3) is 0 Å². The van der Waals surface area contributed by atoms with E-state index in [1.807, 2.05) is 52.0 Å². The minimum atomic E-state index is -0.317. The van der Waals surface area contributed by atoms with Crippen LogP contribution in [0, 0.1) is 0 Å². The highest BCUT2D eigenvalue weighted by atomic mass is 16.5. The van der Waals surface area contributed by atoms with Crippen molar-refractivity contribution in [1.82, 2.24) is 0 Å². The first-order valence-corrected chi connectivity index (χ1v) is 6.52. The third-order valence-electron chi connectivity index (χ3n) is 2.39. The van der Waals surface area contributed by atoms with Gasteiger partial charge in [-0.25, -0.2) is 0 Å². The fourth-order valence-electron chi connectivity index (χ4n) is 1.45. The second-order valence-electron chi connectivity index (χ2n) is 5.24. The Bertz CT molecular complexity index is 410. The van der Waals surface area contributed by atoms with E-state index in [0.717, 1.165) is 11.3 Å². The molecule has 1 amide bonds. The predicted molar refractivity (Wildman–Crippen MR) is 76.1 cm³/mol. The Labute approximate surface area is 115 Å². The van der Waals surface area contributed by atoms with Gasteiger partial charge in [0, 0.05) is 17.9 Å². The summed E-state index contributed by atoms with van der Waals surface area (Å²) in [6.07, 6.45) is 0. The lowest BCUT2D eigenvalue weighted by Gasteiger charge is -2.19. The van der Waals surface area contributed by atoms with Gasteiger partial charge in [-0.05, 0) is 33.8 Å². The molecule has 0 unspecified atom stereocenters. The summed E-state index contributed by atoms with van der Waals surface area (Å²) in [5, 5.41) is 2.85. The molecule has 19 heavy (non-hydrogen) atoms. The quantitative estimate of drug-likeness (QED) is 0.860. The molecule has 1 rings (SSSR count). The molecule has 0 atom stereocenters. The van der Waals surface area contributed by atoms with Gasteiger partial charge in [0.2, 0.25) is 5.91 Å². The van der Waals surface area contributed by atoms with Crippen LogP contribution in [0.4, 0.5) is 5.69 Å². The molecule has 1 aromatic rings. The van der Waals surface area contributed by atoms with Gasteiger partial charge in [0.15, 0.2) is 0 Å². The predicted octanol–water partition coefficient (Wildman–Crippen LogP) is 2.98. The Balaban J connectivity index is 2.58. The zero-order chi connectivity index (χ0) is 14.3. The molecule has 1 N–H and O–H groups in total. The van der Waals surface area contributed by atoms with E-state index in [4.69, 9.17) is 9.47 Å². The van der Waals surface area contributed by atoms with Crippen LogP contribution in [0.1, 0.15) is 33.3 Å². The van der Waals surface area contributed by atoms with Crippen LogP contribution in [0.3, 0.4) is 0 Å². The molecule has 0 aliphatic carbocycles. The summed E-state index contributed by atoms with van der Waals surface area (Å²) in [6, 6.07) is 7.62. The zero-order valence-electron chi connectivity index (χ0n) is 12.2. The summed E-state index contributed by atoms with van der Waals surface area (Å²) < 4.78 is 10.8. The van der Waals surface area contributed by atoms with E-state index < -0.39 is 0 Å². The van der Waals surface area contributed by atoms with Gasteiger partial charge in [-0.1, -0.05) is 18.2 Å². The smallest absolute Gasteiger partial charge is 0.250 e. The third-order valence-corrected chi connectivity index (χ3v) is 2.39. The van der Waals surface area contributed by atoms with Crippen LogP contribution < -0.4 is 5.32 Å². The van der Waals surface area contributed by atoms with Crippen LogP contribution in [-0.2, 0) is 20.9 Å². The van der Waals surface area contributed by atoms with Gasteiger partial charge >= 0.3 is 0 Å². The molecule has 0 saturated carbocycles. The molecule has 0 aliphatic heterocycles. The number of anilines is 1. The lowest BCUT2D eigenvalue weighted by molar-refractivity contribution is -0.125. The van der Waals surface area contributed by atoms with E-state index >= 15 is 0 Å². The molecular weight excluding hydrogens is 242 g/mol. The molecular formula is C15H23NO3. The molecule has 0 spiro atoms. The van der Waals surface area contributed by atoms with E-state index in [9.17, 15) is 4.79 Å². The number of rotatable bonds is 6. The number of hydrogen-bond acceptors (Lipinski definition) is 3. The molecule has 0 heterocycles. The second kappa shape index (κ2) is 7.26. The van der Waals surface area contributed by atoms with Crippen molar-refractivity contribution >= 4 is 11.6 Å². The maximum Gasteiger partial charge on any atom is 0.250 e. The van der Waals surface area contributed by atoms with Crippen molar-refractivity contribution in [1.29, 1.82) is 0 Å². The van der Waals surface area contributed by atoms with Crippen LogP contribution in [-0.4, -0.2) is 24.7 Å². The van der Waals surface area contributed by atoms with Crippen molar-refractivity contribution in [2.45, 2.75) is 39.9 Å². The average molecular weight is 265 g/mol. The number of benzene rings is 1. The van der Waals surface area contributed by atoms with Gasteiger partial charge in [0.25, 0.3) is 0 Å².